The van der Waals surface area contributed by atoms with E-state index >= 15 is 0 Å². The molecule has 0 fully saturated rings. The van der Waals surface area contributed by atoms with Gasteiger partial charge in [-0.05, 0) is 42.2 Å². The number of nitrogens with one attached hydrogen (secondary N) is 2. The molecule has 3 nitrogen and oxygen atoms in total. The summed E-state index contributed by atoms with van der Waals surface area (Å²) < 4.78 is 13.4. The van der Waals surface area contributed by atoms with Gasteiger partial charge in [-0.2, -0.15) is 0 Å². The molecule has 1 atom stereocenters. The summed E-state index contributed by atoms with van der Waals surface area (Å²) in [7, 11) is 0. The molecule has 21 heavy (non-hydrogen) atoms. The van der Waals surface area contributed by atoms with Crippen LogP contribution in [0.3, 0.4) is 0 Å². The van der Waals surface area contributed by atoms with Crippen LogP contribution in [0.5, 0.6) is 0 Å². The molecule has 0 saturated heterocycles. The molecule has 0 aliphatic carbocycles. The number of anilines is 2. The highest BCUT2D eigenvalue weighted by molar-refractivity contribution is 5.99. The number of benzene rings is 2. The van der Waals surface area contributed by atoms with Crippen molar-refractivity contribution in [1.82, 2.24) is 0 Å². The average Bonchev–Trinajstić information content (AvgIpc) is 2.49. The molecule has 0 aromatic heterocycles. The van der Waals surface area contributed by atoms with Gasteiger partial charge in [0.25, 0.3) is 0 Å². The third-order valence-corrected chi connectivity index (χ3v) is 3.47. The van der Waals surface area contributed by atoms with E-state index in [1.54, 1.807) is 12.1 Å². The molecule has 110 valence electrons. The second kappa shape index (κ2) is 6.88. The van der Waals surface area contributed by atoms with Crippen molar-refractivity contribution in [1.29, 1.82) is 0 Å². The van der Waals surface area contributed by atoms with E-state index < -0.39 is 11.8 Å². The predicted octanol–water partition coefficient (Wildman–Crippen LogP) is 4.98. The van der Waals surface area contributed by atoms with E-state index in [1.165, 1.54) is 17.7 Å². The van der Waals surface area contributed by atoms with Gasteiger partial charge in [0, 0.05) is 5.69 Å². The maximum absolute atomic E-state index is 13.4. The van der Waals surface area contributed by atoms with Gasteiger partial charge < -0.3 is 10.6 Å². The molecule has 0 saturated carbocycles. The molecule has 0 aliphatic rings. The number of carbonyl (C=O) groups is 1. The Hall–Kier alpha value is -2.36. The van der Waals surface area contributed by atoms with Gasteiger partial charge in [-0.3, -0.25) is 0 Å². The van der Waals surface area contributed by atoms with Gasteiger partial charge in [-0.25, -0.2) is 9.18 Å². The summed E-state index contributed by atoms with van der Waals surface area (Å²) in [5.41, 5.74) is 2.07. The van der Waals surface area contributed by atoms with E-state index in [1.807, 2.05) is 24.3 Å². The molecule has 0 radical (unpaired) electrons. The molecule has 0 spiro atoms. The van der Waals surface area contributed by atoms with Crippen molar-refractivity contribution in [3.63, 3.8) is 0 Å². The highest BCUT2D eigenvalue weighted by Crippen LogP contribution is 2.20. The zero-order chi connectivity index (χ0) is 15.2. The van der Waals surface area contributed by atoms with Gasteiger partial charge in [0.1, 0.15) is 5.82 Å². The number of urea groups is 1. The van der Waals surface area contributed by atoms with Crippen LogP contribution in [0.15, 0.2) is 48.5 Å². The van der Waals surface area contributed by atoms with Crippen LogP contribution in [0.1, 0.15) is 31.7 Å². The number of amides is 2. The minimum absolute atomic E-state index is 0.159. The van der Waals surface area contributed by atoms with Crippen molar-refractivity contribution >= 4 is 17.4 Å². The van der Waals surface area contributed by atoms with E-state index in [0.29, 0.717) is 11.6 Å². The van der Waals surface area contributed by atoms with Crippen LogP contribution in [-0.2, 0) is 0 Å². The Kier molecular flexibility index (Phi) is 4.93. The van der Waals surface area contributed by atoms with Gasteiger partial charge in [0.2, 0.25) is 0 Å². The fourth-order valence-electron chi connectivity index (χ4n) is 1.98. The van der Waals surface area contributed by atoms with Crippen molar-refractivity contribution in [3.8, 4) is 0 Å². The lowest BCUT2D eigenvalue weighted by Crippen LogP contribution is -2.20. The Morgan fingerprint density at radius 3 is 2.38 bits per heavy atom. The van der Waals surface area contributed by atoms with Crippen LogP contribution in [0.4, 0.5) is 20.6 Å². The number of halogens is 1. The Balaban J connectivity index is 1.98. The smallest absolute Gasteiger partial charge is 0.308 e. The number of rotatable bonds is 4. The molecule has 0 heterocycles. The summed E-state index contributed by atoms with van der Waals surface area (Å²) in [5, 5.41) is 5.17. The highest BCUT2D eigenvalue weighted by Gasteiger charge is 2.07. The largest absolute Gasteiger partial charge is 0.323 e. The lowest BCUT2D eigenvalue weighted by molar-refractivity contribution is 0.262. The monoisotopic (exact) mass is 286 g/mol. The quantitative estimate of drug-likeness (QED) is 0.817. The molecular weight excluding hydrogens is 267 g/mol. The molecule has 0 aliphatic heterocycles. The first-order valence-corrected chi connectivity index (χ1v) is 7.02. The van der Waals surface area contributed by atoms with Crippen LogP contribution in [0, 0.1) is 5.82 Å². The molecule has 4 heteroatoms. The predicted molar refractivity (Wildman–Crippen MR) is 84.2 cm³/mol. The number of hydrogen-bond acceptors (Lipinski definition) is 1. The van der Waals surface area contributed by atoms with Crippen LogP contribution < -0.4 is 10.6 Å². The first kappa shape index (κ1) is 15.0. The minimum Gasteiger partial charge on any atom is -0.308 e. The average molecular weight is 286 g/mol. The summed E-state index contributed by atoms with van der Waals surface area (Å²) in [6, 6.07) is 13.3. The molecule has 2 aromatic carbocycles. The Morgan fingerprint density at radius 1 is 1.10 bits per heavy atom. The van der Waals surface area contributed by atoms with Crippen LogP contribution >= 0.6 is 0 Å². The van der Waals surface area contributed by atoms with E-state index in [0.717, 1.165) is 6.42 Å². The lowest BCUT2D eigenvalue weighted by Gasteiger charge is -2.11. The van der Waals surface area contributed by atoms with E-state index in [-0.39, 0.29) is 5.69 Å². The fraction of sp³-hybridized carbons (Fsp3) is 0.235. The summed E-state index contributed by atoms with van der Waals surface area (Å²) in [6.45, 7) is 4.30. The van der Waals surface area contributed by atoms with Crippen molar-refractivity contribution in [2.24, 2.45) is 0 Å². The molecule has 2 amide bonds. The first-order chi connectivity index (χ1) is 10.1. The molecule has 2 aromatic rings. The van der Waals surface area contributed by atoms with Crippen molar-refractivity contribution in [3.05, 3.63) is 59.9 Å². The molecule has 1 unspecified atom stereocenters. The van der Waals surface area contributed by atoms with Crippen molar-refractivity contribution in [2.75, 3.05) is 10.6 Å². The van der Waals surface area contributed by atoms with Crippen molar-refractivity contribution < 1.29 is 9.18 Å². The SMILES string of the molecule is CCC(C)c1ccc(NC(=O)Nc2ccccc2F)cc1. The molecule has 2 N–H and O–H groups in total. The van der Waals surface area contributed by atoms with Crippen molar-refractivity contribution in [2.45, 2.75) is 26.2 Å². The molecule has 2 rings (SSSR count). The fourth-order valence-corrected chi connectivity index (χ4v) is 1.98. The third-order valence-electron chi connectivity index (χ3n) is 3.47. The second-order valence-electron chi connectivity index (χ2n) is 4.99. The lowest BCUT2D eigenvalue weighted by atomic mass is 9.99. The van der Waals surface area contributed by atoms with E-state index in [4.69, 9.17) is 0 Å². The standard InChI is InChI=1S/C17H19FN2O/c1-3-12(2)13-8-10-14(11-9-13)19-17(21)20-16-7-5-4-6-15(16)18/h4-12H,3H2,1-2H3,(H2,19,20,21). The number of carbonyl (C=O) groups excluding carboxylic acids is 1. The van der Waals surface area contributed by atoms with Gasteiger partial charge in [0.15, 0.2) is 0 Å². The molecule has 0 bridgehead atoms. The van der Waals surface area contributed by atoms with Crippen LogP contribution in [0.2, 0.25) is 0 Å². The number of hydrogen-bond donors (Lipinski definition) is 2. The number of para-hydroxylation sites is 1. The van der Waals surface area contributed by atoms with E-state index in [2.05, 4.69) is 24.5 Å². The Labute approximate surface area is 124 Å². The Morgan fingerprint density at radius 2 is 1.76 bits per heavy atom. The summed E-state index contributed by atoms with van der Waals surface area (Å²) >= 11 is 0. The van der Waals surface area contributed by atoms with Gasteiger partial charge >= 0.3 is 6.03 Å². The van der Waals surface area contributed by atoms with Crippen LogP contribution in [0.25, 0.3) is 0 Å². The van der Waals surface area contributed by atoms with Gasteiger partial charge in [-0.15, -0.1) is 0 Å². The highest BCUT2D eigenvalue weighted by atomic mass is 19.1. The normalized spacial score (nSPS) is 11.8. The zero-order valence-electron chi connectivity index (χ0n) is 12.2. The van der Waals surface area contributed by atoms with E-state index in [9.17, 15) is 9.18 Å². The summed E-state index contributed by atoms with van der Waals surface area (Å²) in [5.74, 6) is 0.0334. The maximum Gasteiger partial charge on any atom is 0.323 e. The first-order valence-electron chi connectivity index (χ1n) is 7.02. The van der Waals surface area contributed by atoms with Crippen LogP contribution in [-0.4, -0.2) is 6.03 Å². The molecular formula is C17H19FN2O. The van der Waals surface area contributed by atoms with Gasteiger partial charge in [-0.1, -0.05) is 38.1 Å². The second-order valence-corrected chi connectivity index (χ2v) is 4.99. The Bertz CT molecular complexity index is 610. The van der Waals surface area contributed by atoms with Gasteiger partial charge in [0.05, 0.1) is 5.69 Å². The third kappa shape index (κ3) is 4.05. The topological polar surface area (TPSA) is 41.1 Å². The minimum atomic E-state index is -0.462. The summed E-state index contributed by atoms with van der Waals surface area (Å²) in [6.07, 6.45) is 1.07. The zero-order valence-corrected chi connectivity index (χ0v) is 12.2. The summed E-state index contributed by atoms with van der Waals surface area (Å²) in [4.78, 5) is 11.8. The maximum atomic E-state index is 13.4.